The summed E-state index contributed by atoms with van der Waals surface area (Å²) in [5.41, 5.74) is -0.140. The third kappa shape index (κ3) is 4.76. The van der Waals surface area contributed by atoms with Crippen molar-refractivity contribution in [2.75, 3.05) is 56.5 Å². The van der Waals surface area contributed by atoms with Gasteiger partial charge in [-0.1, -0.05) is 13.0 Å². The zero-order valence-corrected chi connectivity index (χ0v) is 18.3. The largest absolute Gasteiger partial charge is 0.375 e. The predicted molar refractivity (Wildman–Crippen MR) is 115 cm³/mol. The molecule has 3 aliphatic heterocycles. The summed E-state index contributed by atoms with van der Waals surface area (Å²) in [7, 11) is -3.10. The number of hydrogen-bond acceptors (Lipinski definition) is 6. The number of pyridine rings is 1. The molecule has 3 saturated heterocycles. The lowest BCUT2D eigenvalue weighted by molar-refractivity contribution is -0.127. The normalized spacial score (nSPS) is 26.7. The minimum atomic E-state index is -3.10. The van der Waals surface area contributed by atoms with E-state index in [1.54, 1.807) is 4.31 Å². The number of nitrogens with zero attached hydrogens (tertiary/aromatic N) is 4. The van der Waals surface area contributed by atoms with E-state index in [1.807, 2.05) is 25.3 Å². The third-order valence-electron chi connectivity index (χ3n) is 6.76. The van der Waals surface area contributed by atoms with Crippen molar-refractivity contribution in [3.63, 3.8) is 0 Å². The molecule has 7 nitrogen and oxygen atoms in total. The summed E-state index contributed by atoms with van der Waals surface area (Å²) < 4.78 is 32.7. The van der Waals surface area contributed by atoms with Crippen LogP contribution in [-0.4, -0.2) is 85.9 Å². The van der Waals surface area contributed by atoms with Crippen molar-refractivity contribution in [1.82, 2.24) is 14.2 Å². The van der Waals surface area contributed by atoms with E-state index in [4.69, 9.17) is 4.74 Å². The molecule has 4 rings (SSSR count). The first-order valence-electron chi connectivity index (χ1n) is 11.0. The van der Waals surface area contributed by atoms with Gasteiger partial charge in [0, 0.05) is 58.1 Å². The topological polar surface area (TPSA) is 66.0 Å². The van der Waals surface area contributed by atoms with Gasteiger partial charge in [-0.15, -0.1) is 0 Å². The summed E-state index contributed by atoms with van der Waals surface area (Å²) in [4.78, 5) is 9.46. The van der Waals surface area contributed by atoms with Gasteiger partial charge in [-0.3, -0.25) is 4.90 Å². The number of hydrogen-bond donors (Lipinski definition) is 0. The lowest BCUT2D eigenvalue weighted by Crippen LogP contribution is -2.57. The molecule has 0 N–H and O–H groups in total. The molecule has 162 valence electrons. The van der Waals surface area contributed by atoms with E-state index in [2.05, 4.69) is 20.9 Å². The molecule has 1 aromatic heterocycles. The quantitative estimate of drug-likeness (QED) is 0.723. The molecule has 0 aromatic carbocycles. The van der Waals surface area contributed by atoms with Gasteiger partial charge in [0.05, 0.1) is 11.4 Å². The highest BCUT2D eigenvalue weighted by Crippen LogP contribution is 2.37. The Morgan fingerprint density at radius 2 is 1.90 bits per heavy atom. The maximum absolute atomic E-state index is 12.4. The molecule has 1 unspecified atom stereocenters. The Labute approximate surface area is 175 Å². The van der Waals surface area contributed by atoms with Crippen LogP contribution >= 0.6 is 0 Å². The Balaban J connectivity index is 1.32. The Morgan fingerprint density at radius 3 is 2.55 bits per heavy atom. The van der Waals surface area contributed by atoms with Crippen LogP contribution in [0.25, 0.3) is 0 Å². The van der Waals surface area contributed by atoms with Gasteiger partial charge >= 0.3 is 0 Å². The van der Waals surface area contributed by atoms with E-state index < -0.39 is 10.0 Å². The molecule has 0 bridgehead atoms. The van der Waals surface area contributed by atoms with Crippen LogP contribution in [0.1, 0.15) is 39.0 Å². The second-order valence-electron chi connectivity index (χ2n) is 8.60. The SMILES string of the molecule is CCCS(=O)(=O)N1CCC2(CC1)CC(N1CCN(c3ccccn3)CC1)CCO2. The summed E-state index contributed by atoms with van der Waals surface area (Å²) in [6, 6.07) is 6.62. The fourth-order valence-corrected chi connectivity index (χ4v) is 6.59. The van der Waals surface area contributed by atoms with Gasteiger partial charge in [0.2, 0.25) is 10.0 Å². The highest BCUT2D eigenvalue weighted by molar-refractivity contribution is 7.89. The van der Waals surface area contributed by atoms with Gasteiger partial charge in [0.1, 0.15) is 5.82 Å². The molecule has 0 amide bonds. The number of rotatable bonds is 5. The number of ether oxygens (including phenoxy) is 1. The minimum absolute atomic E-state index is 0.140. The van der Waals surface area contributed by atoms with Crippen LogP contribution in [0, 0.1) is 0 Å². The zero-order valence-electron chi connectivity index (χ0n) is 17.5. The van der Waals surface area contributed by atoms with E-state index in [0.717, 1.165) is 64.3 Å². The maximum atomic E-state index is 12.4. The molecular formula is C21H34N4O3S. The fourth-order valence-electron chi connectivity index (χ4n) is 5.08. The fraction of sp³-hybridized carbons (Fsp3) is 0.762. The standard InChI is InChI=1S/C21H34N4O3S/c1-2-17-29(26,27)25-10-7-21(8-11-25)18-19(6-16-28-21)23-12-14-24(15-13-23)20-5-3-4-9-22-20/h3-5,9,19H,2,6-8,10-18H2,1H3. The Kier molecular flexibility index (Phi) is 6.44. The Hall–Kier alpha value is -1.22. The first-order valence-corrected chi connectivity index (χ1v) is 12.6. The number of piperidine rings is 1. The van der Waals surface area contributed by atoms with Gasteiger partial charge in [0.25, 0.3) is 0 Å². The first kappa shape index (κ1) is 21.0. The highest BCUT2D eigenvalue weighted by atomic mass is 32.2. The van der Waals surface area contributed by atoms with Crippen LogP contribution in [0.15, 0.2) is 24.4 Å². The molecule has 0 saturated carbocycles. The summed E-state index contributed by atoms with van der Waals surface area (Å²) >= 11 is 0. The van der Waals surface area contributed by atoms with Crippen molar-refractivity contribution in [3.8, 4) is 0 Å². The van der Waals surface area contributed by atoms with Crippen LogP contribution in [-0.2, 0) is 14.8 Å². The zero-order chi connectivity index (χ0) is 20.3. The van der Waals surface area contributed by atoms with Crippen molar-refractivity contribution in [2.24, 2.45) is 0 Å². The van der Waals surface area contributed by atoms with Crippen LogP contribution < -0.4 is 4.90 Å². The summed E-state index contributed by atoms with van der Waals surface area (Å²) in [6.07, 6.45) is 6.27. The average molecular weight is 423 g/mol. The van der Waals surface area contributed by atoms with E-state index in [-0.39, 0.29) is 11.4 Å². The van der Waals surface area contributed by atoms with Crippen LogP contribution in [0.2, 0.25) is 0 Å². The van der Waals surface area contributed by atoms with Crippen molar-refractivity contribution in [3.05, 3.63) is 24.4 Å². The van der Waals surface area contributed by atoms with Crippen molar-refractivity contribution < 1.29 is 13.2 Å². The molecule has 29 heavy (non-hydrogen) atoms. The number of sulfonamides is 1. The summed E-state index contributed by atoms with van der Waals surface area (Å²) in [6.45, 7) is 8.01. The predicted octanol–water partition coefficient (Wildman–Crippen LogP) is 1.96. The summed E-state index contributed by atoms with van der Waals surface area (Å²) in [5.74, 6) is 1.32. The van der Waals surface area contributed by atoms with Gasteiger partial charge in [-0.2, -0.15) is 0 Å². The van der Waals surface area contributed by atoms with Crippen molar-refractivity contribution in [1.29, 1.82) is 0 Å². The van der Waals surface area contributed by atoms with Gasteiger partial charge in [-0.05, 0) is 44.2 Å². The first-order chi connectivity index (χ1) is 14.0. The average Bonchev–Trinajstić information content (AvgIpc) is 2.75. The van der Waals surface area contributed by atoms with Crippen LogP contribution in [0.3, 0.4) is 0 Å². The highest BCUT2D eigenvalue weighted by Gasteiger charge is 2.43. The maximum Gasteiger partial charge on any atom is 0.214 e. The van der Waals surface area contributed by atoms with E-state index in [9.17, 15) is 8.42 Å². The van der Waals surface area contributed by atoms with Crippen LogP contribution in [0.4, 0.5) is 5.82 Å². The lowest BCUT2D eigenvalue weighted by Gasteiger charge is -2.49. The van der Waals surface area contributed by atoms with E-state index in [1.165, 1.54) is 0 Å². The monoisotopic (exact) mass is 422 g/mol. The number of anilines is 1. The Morgan fingerprint density at radius 1 is 1.14 bits per heavy atom. The molecule has 3 aliphatic rings. The van der Waals surface area contributed by atoms with Crippen molar-refractivity contribution in [2.45, 2.75) is 50.7 Å². The van der Waals surface area contributed by atoms with Gasteiger partial charge in [-0.25, -0.2) is 17.7 Å². The molecule has 4 heterocycles. The molecule has 3 fully saturated rings. The minimum Gasteiger partial charge on any atom is -0.375 e. The van der Waals surface area contributed by atoms with Crippen molar-refractivity contribution >= 4 is 15.8 Å². The van der Waals surface area contributed by atoms with Gasteiger partial charge < -0.3 is 9.64 Å². The second-order valence-corrected chi connectivity index (χ2v) is 10.7. The van der Waals surface area contributed by atoms with E-state index in [0.29, 0.717) is 25.6 Å². The lowest BCUT2D eigenvalue weighted by atomic mass is 9.82. The Bertz CT molecular complexity index is 757. The van der Waals surface area contributed by atoms with Gasteiger partial charge in [0.15, 0.2) is 0 Å². The van der Waals surface area contributed by atoms with E-state index >= 15 is 0 Å². The number of piperazine rings is 1. The second kappa shape index (κ2) is 8.88. The molecule has 0 aliphatic carbocycles. The number of aromatic nitrogens is 1. The molecule has 0 radical (unpaired) electrons. The molecule has 1 atom stereocenters. The molecule has 1 spiro atoms. The third-order valence-corrected chi connectivity index (χ3v) is 8.84. The van der Waals surface area contributed by atoms with Crippen LogP contribution in [0.5, 0.6) is 0 Å². The molecule has 1 aromatic rings. The molecular weight excluding hydrogens is 388 g/mol. The smallest absolute Gasteiger partial charge is 0.214 e. The summed E-state index contributed by atoms with van der Waals surface area (Å²) in [5, 5.41) is 0. The molecule has 8 heteroatoms.